The Morgan fingerprint density at radius 2 is 1.90 bits per heavy atom. The monoisotopic (exact) mass is 303 g/mol. The van der Waals surface area contributed by atoms with E-state index in [9.17, 15) is 13.2 Å². The second-order valence-electron chi connectivity index (χ2n) is 5.60. The van der Waals surface area contributed by atoms with Gasteiger partial charge in [0.15, 0.2) is 5.96 Å². The van der Waals surface area contributed by atoms with Gasteiger partial charge in [-0.05, 0) is 38.5 Å². The molecule has 0 saturated heterocycles. The summed E-state index contributed by atoms with van der Waals surface area (Å²) in [5.74, 6) is 0.252. The molecule has 21 heavy (non-hydrogen) atoms. The molecule has 0 aliphatic rings. The van der Waals surface area contributed by atoms with Gasteiger partial charge in [-0.3, -0.25) is 0 Å². The van der Waals surface area contributed by atoms with Crippen LogP contribution in [0.25, 0.3) is 0 Å². The lowest BCUT2D eigenvalue weighted by Crippen LogP contribution is -2.45. The first-order valence-corrected chi connectivity index (χ1v) is 6.35. The zero-order valence-electron chi connectivity index (χ0n) is 12.5. The normalized spacial score (nSPS) is 13.2. The highest BCUT2D eigenvalue weighted by Gasteiger charge is 2.33. The summed E-state index contributed by atoms with van der Waals surface area (Å²) in [5.41, 5.74) is 4.62. The van der Waals surface area contributed by atoms with E-state index in [0.29, 0.717) is 0 Å². The number of halogens is 3. The van der Waals surface area contributed by atoms with Crippen molar-refractivity contribution in [2.45, 2.75) is 39.0 Å². The van der Waals surface area contributed by atoms with Crippen molar-refractivity contribution in [3.05, 3.63) is 29.3 Å². The molecule has 0 spiro atoms. The standard InChI is InChI=1S/C14H20F3N3O/c1-13(2,3)20-12(18)19-8-9-5-6-10(21-4)7-11(9)14(15,16)17/h5-7H,8H2,1-4H3,(H3,18,19,20). The number of rotatable bonds is 3. The van der Waals surface area contributed by atoms with Gasteiger partial charge >= 0.3 is 6.18 Å². The minimum Gasteiger partial charge on any atom is -0.497 e. The molecule has 0 heterocycles. The van der Waals surface area contributed by atoms with Crippen LogP contribution in [0.15, 0.2) is 23.2 Å². The number of hydrogen-bond acceptors (Lipinski definition) is 2. The van der Waals surface area contributed by atoms with Crippen LogP contribution in [0.5, 0.6) is 5.75 Å². The molecule has 0 saturated carbocycles. The van der Waals surface area contributed by atoms with E-state index in [4.69, 9.17) is 10.5 Å². The average molecular weight is 303 g/mol. The minimum atomic E-state index is -4.47. The molecule has 1 rings (SSSR count). The van der Waals surface area contributed by atoms with Crippen LogP contribution in [-0.4, -0.2) is 18.6 Å². The van der Waals surface area contributed by atoms with Crippen molar-refractivity contribution < 1.29 is 17.9 Å². The largest absolute Gasteiger partial charge is 0.497 e. The van der Waals surface area contributed by atoms with Crippen LogP contribution >= 0.6 is 0 Å². The molecule has 0 amide bonds. The fraction of sp³-hybridized carbons (Fsp3) is 0.500. The van der Waals surface area contributed by atoms with E-state index >= 15 is 0 Å². The van der Waals surface area contributed by atoms with Crippen LogP contribution in [-0.2, 0) is 12.7 Å². The summed E-state index contributed by atoms with van der Waals surface area (Å²) in [4.78, 5) is 3.95. The molecule has 0 unspecified atom stereocenters. The molecule has 118 valence electrons. The SMILES string of the molecule is COc1ccc(CN=C(N)NC(C)(C)C)c(C(F)(F)F)c1. The number of nitrogens with one attached hydrogen (secondary N) is 1. The van der Waals surface area contributed by atoms with Crippen molar-refractivity contribution >= 4 is 5.96 Å². The number of ether oxygens (including phenoxy) is 1. The second-order valence-corrected chi connectivity index (χ2v) is 5.60. The summed E-state index contributed by atoms with van der Waals surface area (Å²) in [5, 5.41) is 2.89. The van der Waals surface area contributed by atoms with Gasteiger partial charge in [-0.1, -0.05) is 6.07 Å². The summed E-state index contributed by atoms with van der Waals surface area (Å²) in [6.07, 6.45) is -4.47. The van der Waals surface area contributed by atoms with E-state index in [-0.39, 0.29) is 29.4 Å². The average Bonchev–Trinajstić information content (AvgIpc) is 2.33. The predicted molar refractivity (Wildman–Crippen MR) is 76.2 cm³/mol. The molecule has 1 aromatic carbocycles. The molecule has 0 bridgehead atoms. The number of nitrogens with zero attached hydrogens (tertiary/aromatic N) is 1. The highest BCUT2D eigenvalue weighted by Crippen LogP contribution is 2.34. The summed E-state index contributed by atoms with van der Waals surface area (Å²) >= 11 is 0. The summed E-state index contributed by atoms with van der Waals surface area (Å²) < 4.78 is 43.9. The molecule has 0 atom stereocenters. The second kappa shape index (κ2) is 6.24. The smallest absolute Gasteiger partial charge is 0.416 e. The Morgan fingerprint density at radius 1 is 1.29 bits per heavy atom. The number of aliphatic imine (C=N–C) groups is 1. The van der Waals surface area contributed by atoms with Gasteiger partial charge in [-0.15, -0.1) is 0 Å². The number of benzene rings is 1. The fourth-order valence-electron chi connectivity index (χ4n) is 1.68. The first-order chi connectivity index (χ1) is 9.53. The lowest BCUT2D eigenvalue weighted by molar-refractivity contribution is -0.138. The molecular weight excluding hydrogens is 283 g/mol. The number of alkyl halides is 3. The number of methoxy groups -OCH3 is 1. The lowest BCUT2D eigenvalue weighted by Gasteiger charge is -2.21. The van der Waals surface area contributed by atoms with Gasteiger partial charge in [0.2, 0.25) is 0 Å². The summed E-state index contributed by atoms with van der Waals surface area (Å²) in [6, 6.07) is 3.77. The maximum absolute atomic E-state index is 13.0. The van der Waals surface area contributed by atoms with Gasteiger partial charge in [0, 0.05) is 5.54 Å². The van der Waals surface area contributed by atoms with E-state index in [2.05, 4.69) is 10.3 Å². The Balaban J connectivity index is 3.01. The van der Waals surface area contributed by atoms with E-state index in [1.807, 2.05) is 20.8 Å². The Bertz CT molecular complexity index is 519. The highest BCUT2D eigenvalue weighted by atomic mass is 19.4. The third-order valence-corrected chi connectivity index (χ3v) is 2.55. The highest BCUT2D eigenvalue weighted by molar-refractivity contribution is 5.78. The minimum absolute atomic E-state index is 0.0435. The Hall–Kier alpha value is -1.92. The van der Waals surface area contributed by atoms with Crippen molar-refractivity contribution in [2.75, 3.05) is 7.11 Å². The zero-order valence-corrected chi connectivity index (χ0v) is 12.5. The van der Waals surface area contributed by atoms with Gasteiger partial charge in [0.25, 0.3) is 0 Å². The van der Waals surface area contributed by atoms with Crippen LogP contribution in [0.2, 0.25) is 0 Å². The van der Waals surface area contributed by atoms with Crippen LogP contribution < -0.4 is 15.8 Å². The summed E-state index contributed by atoms with van der Waals surface area (Å²) in [6.45, 7) is 5.48. The summed E-state index contributed by atoms with van der Waals surface area (Å²) in [7, 11) is 1.32. The number of guanidine groups is 1. The molecule has 3 N–H and O–H groups in total. The molecule has 0 fully saturated rings. The van der Waals surface area contributed by atoms with E-state index in [0.717, 1.165) is 6.07 Å². The van der Waals surface area contributed by atoms with Gasteiger partial charge in [-0.25, -0.2) is 4.99 Å². The lowest BCUT2D eigenvalue weighted by atomic mass is 10.1. The van der Waals surface area contributed by atoms with Gasteiger partial charge in [0.1, 0.15) is 5.75 Å². The van der Waals surface area contributed by atoms with E-state index in [1.165, 1.54) is 19.2 Å². The molecule has 0 radical (unpaired) electrons. The molecule has 4 nitrogen and oxygen atoms in total. The van der Waals surface area contributed by atoms with Gasteiger partial charge in [-0.2, -0.15) is 13.2 Å². The molecule has 7 heteroatoms. The topological polar surface area (TPSA) is 59.6 Å². The molecule has 1 aromatic rings. The van der Waals surface area contributed by atoms with Gasteiger partial charge < -0.3 is 15.8 Å². The molecular formula is C14H20F3N3O. The van der Waals surface area contributed by atoms with Gasteiger partial charge in [0.05, 0.1) is 19.2 Å². The Morgan fingerprint density at radius 3 is 2.38 bits per heavy atom. The predicted octanol–water partition coefficient (Wildman–Crippen LogP) is 2.92. The maximum Gasteiger partial charge on any atom is 0.416 e. The van der Waals surface area contributed by atoms with Crippen LogP contribution in [0.3, 0.4) is 0 Å². The molecule has 0 aliphatic heterocycles. The molecule has 0 aliphatic carbocycles. The quantitative estimate of drug-likeness (QED) is 0.667. The van der Waals surface area contributed by atoms with Crippen molar-refractivity contribution in [3.63, 3.8) is 0 Å². The fourth-order valence-corrected chi connectivity index (χ4v) is 1.68. The van der Waals surface area contributed by atoms with Crippen LogP contribution in [0, 0.1) is 0 Å². The first-order valence-electron chi connectivity index (χ1n) is 6.35. The van der Waals surface area contributed by atoms with Crippen molar-refractivity contribution in [1.82, 2.24) is 5.32 Å². The van der Waals surface area contributed by atoms with Crippen LogP contribution in [0.1, 0.15) is 31.9 Å². The Kier molecular flexibility index (Phi) is 5.09. The number of nitrogens with two attached hydrogens (primary N) is 1. The van der Waals surface area contributed by atoms with Crippen LogP contribution in [0.4, 0.5) is 13.2 Å². The maximum atomic E-state index is 13.0. The van der Waals surface area contributed by atoms with Crippen molar-refractivity contribution in [3.8, 4) is 5.75 Å². The van der Waals surface area contributed by atoms with E-state index in [1.54, 1.807) is 0 Å². The molecule has 0 aromatic heterocycles. The third-order valence-electron chi connectivity index (χ3n) is 2.55. The number of hydrogen-bond donors (Lipinski definition) is 2. The first kappa shape index (κ1) is 17.1. The van der Waals surface area contributed by atoms with E-state index < -0.39 is 11.7 Å². The Labute approximate surface area is 122 Å². The zero-order chi connectivity index (χ0) is 16.3. The van der Waals surface area contributed by atoms with Crippen molar-refractivity contribution in [2.24, 2.45) is 10.7 Å². The van der Waals surface area contributed by atoms with Crippen molar-refractivity contribution in [1.29, 1.82) is 0 Å². The third kappa shape index (κ3) is 5.53.